The first-order valence-electron chi connectivity index (χ1n) is 8.03. The summed E-state index contributed by atoms with van der Waals surface area (Å²) in [4.78, 5) is 28.5. The van der Waals surface area contributed by atoms with Gasteiger partial charge in [0, 0.05) is 12.5 Å². The number of benzene rings is 1. The number of Topliss-reactive ketones (excluding diaryl/α,β-unsaturated/α-hetero) is 1. The number of rotatable bonds is 8. The minimum Gasteiger partial charge on any atom is -0.494 e. The van der Waals surface area contributed by atoms with Crippen LogP contribution in [0.2, 0.25) is 0 Å². The molecule has 1 heterocycles. The number of nitrogens with zero attached hydrogens (tertiary/aromatic N) is 1. The van der Waals surface area contributed by atoms with E-state index in [-0.39, 0.29) is 11.7 Å². The van der Waals surface area contributed by atoms with Crippen LogP contribution in [0.3, 0.4) is 0 Å². The fourth-order valence-electron chi connectivity index (χ4n) is 2.19. The van der Waals surface area contributed by atoms with E-state index in [9.17, 15) is 9.59 Å². The van der Waals surface area contributed by atoms with Crippen LogP contribution in [0.5, 0.6) is 5.75 Å². The number of carbonyl (C=O) groups is 2. The molecule has 0 aliphatic heterocycles. The van der Waals surface area contributed by atoms with E-state index in [2.05, 4.69) is 17.2 Å². The summed E-state index contributed by atoms with van der Waals surface area (Å²) in [5, 5.41) is 3.16. The summed E-state index contributed by atoms with van der Waals surface area (Å²) >= 11 is 1.19. The number of thiazole rings is 1. The molecular weight excluding hydrogens is 324 g/mol. The van der Waals surface area contributed by atoms with Crippen LogP contribution >= 0.6 is 11.3 Å². The fraction of sp³-hybridized carbons (Fsp3) is 0.389. The van der Waals surface area contributed by atoms with Crippen molar-refractivity contribution in [3.05, 3.63) is 40.4 Å². The van der Waals surface area contributed by atoms with Crippen LogP contribution in [-0.4, -0.2) is 23.3 Å². The highest BCUT2D eigenvalue weighted by atomic mass is 32.1. The van der Waals surface area contributed by atoms with E-state index >= 15 is 0 Å². The van der Waals surface area contributed by atoms with Crippen molar-refractivity contribution in [3.63, 3.8) is 0 Å². The van der Waals surface area contributed by atoms with Crippen molar-refractivity contribution >= 4 is 28.2 Å². The minimum atomic E-state index is -0.253. The highest BCUT2D eigenvalue weighted by Gasteiger charge is 2.14. The lowest BCUT2D eigenvalue weighted by Crippen LogP contribution is -2.11. The monoisotopic (exact) mass is 346 g/mol. The maximum atomic E-state index is 12.2. The maximum Gasteiger partial charge on any atom is 0.257 e. The molecule has 128 valence electrons. The molecule has 0 atom stereocenters. The topological polar surface area (TPSA) is 68.3 Å². The first kappa shape index (κ1) is 18.1. The Hall–Kier alpha value is -2.21. The second-order valence-corrected chi connectivity index (χ2v) is 6.52. The third-order valence-corrected chi connectivity index (χ3v) is 4.64. The van der Waals surface area contributed by atoms with Crippen LogP contribution < -0.4 is 10.1 Å². The average molecular weight is 346 g/mol. The molecule has 0 bridgehead atoms. The molecule has 24 heavy (non-hydrogen) atoms. The Labute approximate surface area is 146 Å². The second-order valence-electron chi connectivity index (χ2n) is 5.52. The summed E-state index contributed by atoms with van der Waals surface area (Å²) in [5.41, 5.74) is 1.16. The number of aryl methyl sites for hydroxylation is 1. The lowest BCUT2D eigenvalue weighted by atomic mass is 10.2. The van der Waals surface area contributed by atoms with E-state index in [1.165, 1.54) is 18.3 Å². The van der Waals surface area contributed by atoms with Crippen molar-refractivity contribution in [1.29, 1.82) is 0 Å². The van der Waals surface area contributed by atoms with Gasteiger partial charge in [0.2, 0.25) is 0 Å². The molecule has 0 saturated heterocycles. The Kier molecular flexibility index (Phi) is 6.49. The normalized spacial score (nSPS) is 10.5. The van der Waals surface area contributed by atoms with Gasteiger partial charge in [-0.2, -0.15) is 0 Å². The number of carbonyl (C=O) groups excluding carboxylic acids is 2. The van der Waals surface area contributed by atoms with Gasteiger partial charge < -0.3 is 4.74 Å². The zero-order chi connectivity index (χ0) is 17.5. The molecule has 0 aliphatic carbocycles. The summed E-state index contributed by atoms with van der Waals surface area (Å²) in [6.45, 7) is 6.08. The molecule has 5 nitrogen and oxygen atoms in total. The predicted molar refractivity (Wildman–Crippen MR) is 96.3 cm³/mol. The quantitative estimate of drug-likeness (QED) is 0.565. The van der Waals surface area contributed by atoms with Crippen molar-refractivity contribution in [3.8, 4) is 5.75 Å². The number of hydrogen-bond acceptors (Lipinski definition) is 5. The van der Waals surface area contributed by atoms with Crippen LogP contribution in [0.1, 0.15) is 58.8 Å². The molecule has 6 heteroatoms. The zero-order valence-corrected chi connectivity index (χ0v) is 15.0. The Morgan fingerprint density at radius 2 is 1.92 bits per heavy atom. The molecule has 0 fully saturated rings. The van der Waals surface area contributed by atoms with Crippen LogP contribution in [-0.2, 0) is 0 Å². The molecular formula is C18H22N2O3S. The third-order valence-electron chi connectivity index (χ3n) is 3.47. The van der Waals surface area contributed by atoms with Crippen LogP contribution in [0, 0.1) is 6.92 Å². The number of amides is 1. The summed E-state index contributed by atoms with van der Waals surface area (Å²) in [6, 6.07) is 7.01. The summed E-state index contributed by atoms with van der Waals surface area (Å²) in [5.74, 6) is 0.457. The number of hydrogen-bond donors (Lipinski definition) is 1. The summed E-state index contributed by atoms with van der Waals surface area (Å²) in [6.07, 6.45) is 3.33. The van der Waals surface area contributed by atoms with Gasteiger partial charge in [0.05, 0.1) is 17.2 Å². The molecule has 0 unspecified atom stereocenters. The van der Waals surface area contributed by atoms with Gasteiger partial charge >= 0.3 is 0 Å². The van der Waals surface area contributed by atoms with E-state index < -0.39 is 0 Å². The Morgan fingerprint density at radius 1 is 1.21 bits per heavy atom. The Bertz CT molecular complexity index is 708. The van der Waals surface area contributed by atoms with Crippen molar-refractivity contribution in [2.45, 2.75) is 40.0 Å². The largest absolute Gasteiger partial charge is 0.494 e. The molecule has 0 spiro atoms. The van der Waals surface area contributed by atoms with E-state index in [1.54, 1.807) is 31.2 Å². The standard InChI is InChI=1S/C18H22N2O3S/c1-4-5-6-11-23-15-9-7-14(8-10-15)17(22)20-18-19-12(2)16(24-18)13(3)21/h7-10H,4-6,11H2,1-3H3,(H,19,20,22). The number of ether oxygens (including phenoxy) is 1. The molecule has 0 saturated carbocycles. The minimum absolute atomic E-state index is 0.0462. The molecule has 1 N–H and O–H groups in total. The van der Waals surface area contributed by atoms with Gasteiger partial charge in [-0.3, -0.25) is 14.9 Å². The Morgan fingerprint density at radius 3 is 2.50 bits per heavy atom. The lowest BCUT2D eigenvalue weighted by Gasteiger charge is -2.06. The molecule has 0 radical (unpaired) electrons. The number of ketones is 1. The molecule has 1 aromatic heterocycles. The molecule has 2 aromatic rings. The smallest absolute Gasteiger partial charge is 0.257 e. The fourth-order valence-corrected chi connectivity index (χ4v) is 3.05. The van der Waals surface area contributed by atoms with Crippen molar-refractivity contribution < 1.29 is 14.3 Å². The molecule has 1 amide bonds. The highest BCUT2D eigenvalue weighted by Crippen LogP contribution is 2.23. The molecule has 0 aliphatic rings. The first-order chi connectivity index (χ1) is 11.5. The van der Waals surface area contributed by atoms with Gasteiger partial charge in [0.15, 0.2) is 10.9 Å². The SMILES string of the molecule is CCCCCOc1ccc(C(=O)Nc2nc(C)c(C(C)=O)s2)cc1. The maximum absolute atomic E-state index is 12.2. The lowest BCUT2D eigenvalue weighted by molar-refractivity contribution is 0.101. The summed E-state index contributed by atoms with van der Waals surface area (Å²) in [7, 11) is 0. The summed E-state index contributed by atoms with van der Waals surface area (Å²) < 4.78 is 5.63. The van der Waals surface area contributed by atoms with Crippen LogP contribution in [0.15, 0.2) is 24.3 Å². The second kappa shape index (κ2) is 8.59. The van der Waals surface area contributed by atoms with Gasteiger partial charge in [-0.05, 0) is 37.6 Å². The number of anilines is 1. The van der Waals surface area contributed by atoms with Gasteiger partial charge in [-0.25, -0.2) is 4.98 Å². The van der Waals surface area contributed by atoms with E-state index in [0.717, 1.165) is 25.0 Å². The van der Waals surface area contributed by atoms with E-state index in [4.69, 9.17) is 4.74 Å². The van der Waals surface area contributed by atoms with E-state index in [0.29, 0.717) is 27.9 Å². The number of nitrogens with one attached hydrogen (secondary N) is 1. The third kappa shape index (κ3) is 4.89. The van der Waals surface area contributed by atoms with Crippen molar-refractivity contribution in [1.82, 2.24) is 4.98 Å². The Balaban J connectivity index is 1.95. The van der Waals surface area contributed by atoms with Gasteiger partial charge in [-0.15, -0.1) is 0 Å². The van der Waals surface area contributed by atoms with Crippen LogP contribution in [0.25, 0.3) is 0 Å². The van der Waals surface area contributed by atoms with Gasteiger partial charge in [0.1, 0.15) is 5.75 Å². The first-order valence-corrected chi connectivity index (χ1v) is 8.85. The van der Waals surface area contributed by atoms with Gasteiger partial charge in [-0.1, -0.05) is 31.1 Å². The van der Waals surface area contributed by atoms with Crippen molar-refractivity contribution in [2.75, 3.05) is 11.9 Å². The average Bonchev–Trinajstić information content (AvgIpc) is 2.93. The number of unbranched alkanes of at least 4 members (excludes halogenated alkanes) is 2. The molecule has 2 rings (SSSR count). The van der Waals surface area contributed by atoms with Crippen LogP contribution in [0.4, 0.5) is 5.13 Å². The van der Waals surface area contributed by atoms with Crippen molar-refractivity contribution in [2.24, 2.45) is 0 Å². The zero-order valence-electron chi connectivity index (χ0n) is 14.2. The predicted octanol–water partition coefficient (Wildman–Crippen LogP) is 4.48. The van der Waals surface area contributed by atoms with Gasteiger partial charge in [0.25, 0.3) is 5.91 Å². The van der Waals surface area contributed by atoms with E-state index in [1.807, 2.05) is 0 Å². The molecule has 1 aromatic carbocycles. The highest BCUT2D eigenvalue weighted by molar-refractivity contribution is 7.17. The number of aromatic nitrogens is 1.